The van der Waals surface area contributed by atoms with E-state index in [4.69, 9.17) is 4.74 Å². The van der Waals surface area contributed by atoms with Crippen molar-refractivity contribution < 1.29 is 9.53 Å². The lowest BCUT2D eigenvalue weighted by atomic mass is 10.3. The highest BCUT2D eigenvalue weighted by Crippen LogP contribution is 2.18. The monoisotopic (exact) mass is 361 g/mol. The lowest BCUT2D eigenvalue weighted by Gasteiger charge is -2.06. The summed E-state index contributed by atoms with van der Waals surface area (Å²) < 4.78 is 7.49. The third-order valence-corrected chi connectivity index (χ3v) is 4.76. The highest BCUT2D eigenvalue weighted by atomic mass is 32.2. The van der Waals surface area contributed by atoms with Gasteiger partial charge in [0.2, 0.25) is 5.91 Å². The molecule has 0 aliphatic rings. The van der Waals surface area contributed by atoms with Gasteiger partial charge in [0.1, 0.15) is 12.4 Å². The fourth-order valence-corrected chi connectivity index (χ4v) is 3.11. The second-order valence-electron chi connectivity index (χ2n) is 4.73. The Bertz CT molecular complexity index is 790. The van der Waals surface area contributed by atoms with E-state index in [0.29, 0.717) is 22.7 Å². The highest BCUT2D eigenvalue weighted by Gasteiger charge is 2.12. The summed E-state index contributed by atoms with van der Waals surface area (Å²) in [6.45, 7) is 0.319. The molecule has 2 heterocycles. The lowest BCUT2D eigenvalue weighted by Crippen LogP contribution is -2.14. The van der Waals surface area contributed by atoms with Crippen LogP contribution < -0.4 is 10.1 Å². The van der Waals surface area contributed by atoms with Gasteiger partial charge in [-0.3, -0.25) is 4.79 Å². The molecule has 3 aromatic rings. The van der Waals surface area contributed by atoms with Crippen molar-refractivity contribution in [1.82, 2.24) is 19.7 Å². The number of para-hydroxylation sites is 1. The van der Waals surface area contributed by atoms with Crippen LogP contribution in [-0.4, -0.2) is 31.4 Å². The quantitative estimate of drug-likeness (QED) is 0.652. The predicted molar refractivity (Wildman–Crippen MR) is 93.2 cm³/mol. The van der Waals surface area contributed by atoms with Crippen LogP contribution in [0.3, 0.4) is 0 Å². The van der Waals surface area contributed by atoms with Crippen molar-refractivity contribution in [3.63, 3.8) is 0 Å². The van der Waals surface area contributed by atoms with Crippen LogP contribution in [0, 0.1) is 0 Å². The van der Waals surface area contributed by atoms with Gasteiger partial charge in [-0.25, -0.2) is 4.98 Å². The Morgan fingerprint density at radius 1 is 1.33 bits per heavy atom. The molecule has 0 radical (unpaired) electrons. The van der Waals surface area contributed by atoms with Gasteiger partial charge >= 0.3 is 0 Å². The molecule has 0 spiro atoms. The highest BCUT2D eigenvalue weighted by molar-refractivity contribution is 7.99. The number of aromatic nitrogens is 4. The molecule has 0 aliphatic carbocycles. The Labute approximate surface area is 147 Å². The summed E-state index contributed by atoms with van der Waals surface area (Å²) in [6, 6.07) is 9.52. The fourth-order valence-electron chi connectivity index (χ4n) is 1.83. The van der Waals surface area contributed by atoms with Gasteiger partial charge < -0.3 is 14.6 Å². The van der Waals surface area contributed by atoms with Crippen LogP contribution in [0.1, 0.15) is 5.82 Å². The number of amides is 1. The fraction of sp³-hybridized carbons (Fsp3) is 0.200. The Hall–Kier alpha value is -2.39. The molecule has 0 atom stereocenters. The zero-order valence-electron chi connectivity index (χ0n) is 12.9. The van der Waals surface area contributed by atoms with Crippen LogP contribution >= 0.6 is 23.1 Å². The number of thioether (sulfide) groups is 1. The van der Waals surface area contributed by atoms with Gasteiger partial charge in [0.25, 0.3) is 0 Å². The number of hydrogen-bond donors (Lipinski definition) is 1. The molecule has 1 amide bonds. The summed E-state index contributed by atoms with van der Waals surface area (Å²) in [5.41, 5.74) is 0. The molecule has 24 heavy (non-hydrogen) atoms. The SMILES string of the molecule is Cn1c(COc2ccccc2)nnc1SCC(=O)Nc1nccs1. The number of carbonyl (C=O) groups excluding carboxylic acids is 1. The van der Waals surface area contributed by atoms with E-state index >= 15 is 0 Å². The number of hydrogen-bond acceptors (Lipinski definition) is 7. The normalized spacial score (nSPS) is 10.5. The van der Waals surface area contributed by atoms with Crippen molar-refractivity contribution in [3.05, 3.63) is 47.7 Å². The summed E-state index contributed by atoms with van der Waals surface area (Å²) in [5, 5.41) is 14.0. The third-order valence-electron chi connectivity index (χ3n) is 3.05. The molecular weight excluding hydrogens is 346 g/mol. The molecule has 1 N–H and O–H groups in total. The molecule has 124 valence electrons. The number of nitrogens with one attached hydrogen (secondary N) is 1. The summed E-state index contributed by atoms with van der Waals surface area (Å²) >= 11 is 2.70. The van der Waals surface area contributed by atoms with Crippen LogP contribution in [0.15, 0.2) is 47.1 Å². The number of nitrogens with zero attached hydrogens (tertiary/aromatic N) is 4. The molecule has 7 nitrogen and oxygen atoms in total. The second-order valence-corrected chi connectivity index (χ2v) is 6.57. The van der Waals surface area contributed by atoms with Crippen molar-refractivity contribution in [3.8, 4) is 5.75 Å². The molecule has 3 rings (SSSR count). The Kier molecular flexibility index (Phi) is 5.44. The van der Waals surface area contributed by atoms with Gasteiger partial charge in [-0.15, -0.1) is 21.5 Å². The molecule has 0 saturated carbocycles. The first-order valence-electron chi connectivity index (χ1n) is 7.10. The minimum atomic E-state index is -0.125. The van der Waals surface area contributed by atoms with Gasteiger partial charge in [0, 0.05) is 18.6 Å². The second kappa shape index (κ2) is 7.93. The number of anilines is 1. The van der Waals surface area contributed by atoms with Crippen molar-refractivity contribution >= 4 is 34.1 Å². The van der Waals surface area contributed by atoms with Crippen molar-refractivity contribution in [2.75, 3.05) is 11.1 Å². The van der Waals surface area contributed by atoms with Crippen LogP contribution in [0.25, 0.3) is 0 Å². The van der Waals surface area contributed by atoms with Crippen LogP contribution in [-0.2, 0) is 18.4 Å². The van der Waals surface area contributed by atoms with E-state index in [-0.39, 0.29) is 11.7 Å². The summed E-state index contributed by atoms with van der Waals surface area (Å²) in [5.74, 6) is 1.59. The van der Waals surface area contributed by atoms with E-state index in [9.17, 15) is 4.79 Å². The maximum Gasteiger partial charge on any atom is 0.236 e. The molecule has 0 bridgehead atoms. The first-order valence-corrected chi connectivity index (χ1v) is 8.97. The van der Waals surface area contributed by atoms with E-state index in [0.717, 1.165) is 5.75 Å². The minimum absolute atomic E-state index is 0.125. The van der Waals surface area contributed by atoms with Crippen molar-refractivity contribution in [2.24, 2.45) is 7.05 Å². The molecular formula is C15H15N5O2S2. The number of carbonyl (C=O) groups is 1. The maximum absolute atomic E-state index is 11.9. The Balaban J connectivity index is 1.52. The van der Waals surface area contributed by atoms with Gasteiger partial charge in [0.05, 0.1) is 5.75 Å². The summed E-state index contributed by atoms with van der Waals surface area (Å²) in [4.78, 5) is 15.9. The van der Waals surface area contributed by atoms with E-state index in [1.807, 2.05) is 47.3 Å². The molecule has 1 aromatic carbocycles. The summed E-state index contributed by atoms with van der Waals surface area (Å²) in [6.07, 6.45) is 1.65. The standard InChI is InChI=1S/C15H15N5O2S2/c1-20-12(9-22-11-5-3-2-4-6-11)18-19-15(20)24-10-13(21)17-14-16-7-8-23-14/h2-8H,9-10H2,1H3,(H,16,17,21). The number of thiazole rings is 1. The van der Waals surface area contributed by atoms with E-state index < -0.39 is 0 Å². The van der Waals surface area contributed by atoms with Crippen LogP contribution in [0.2, 0.25) is 0 Å². The molecule has 0 fully saturated rings. The lowest BCUT2D eigenvalue weighted by molar-refractivity contribution is -0.113. The number of benzene rings is 1. The van der Waals surface area contributed by atoms with E-state index in [1.54, 1.807) is 6.20 Å². The smallest absolute Gasteiger partial charge is 0.236 e. The molecule has 2 aromatic heterocycles. The van der Waals surface area contributed by atoms with Gasteiger partial charge in [-0.05, 0) is 12.1 Å². The molecule has 0 saturated heterocycles. The van der Waals surface area contributed by atoms with Crippen molar-refractivity contribution in [2.45, 2.75) is 11.8 Å². The van der Waals surface area contributed by atoms with E-state index in [2.05, 4.69) is 20.5 Å². The largest absolute Gasteiger partial charge is 0.486 e. The van der Waals surface area contributed by atoms with Gasteiger partial charge in [0.15, 0.2) is 16.1 Å². The molecule has 9 heteroatoms. The van der Waals surface area contributed by atoms with E-state index in [1.165, 1.54) is 23.1 Å². The topological polar surface area (TPSA) is 81.9 Å². The molecule has 0 aliphatic heterocycles. The first kappa shape index (κ1) is 16.5. The average Bonchev–Trinajstić information content (AvgIpc) is 3.22. The van der Waals surface area contributed by atoms with Crippen LogP contribution in [0.5, 0.6) is 5.75 Å². The predicted octanol–water partition coefficient (Wildman–Crippen LogP) is 2.58. The Morgan fingerprint density at radius 2 is 2.17 bits per heavy atom. The summed E-state index contributed by atoms with van der Waals surface area (Å²) in [7, 11) is 1.85. The minimum Gasteiger partial charge on any atom is -0.486 e. The first-order chi connectivity index (χ1) is 11.7. The number of rotatable bonds is 7. The third kappa shape index (κ3) is 4.33. The van der Waals surface area contributed by atoms with Gasteiger partial charge in [-0.2, -0.15) is 0 Å². The van der Waals surface area contributed by atoms with Crippen LogP contribution in [0.4, 0.5) is 5.13 Å². The molecule has 0 unspecified atom stereocenters. The Morgan fingerprint density at radius 3 is 2.92 bits per heavy atom. The maximum atomic E-state index is 11.9. The average molecular weight is 361 g/mol. The zero-order valence-corrected chi connectivity index (χ0v) is 14.5. The van der Waals surface area contributed by atoms with Crippen molar-refractivity contribution in [1.29, 1.82) is 0 Å². The zero-order chi connectivity index (χ0) is 16.8. The van der Waals surface area contributed by atoms with Gasteiger partial charge in [-0.1, -0.05) is 30.0 Å². The number of ether oxygens (including phenoxy) is 1.